The van der Waals surface area contributed by atoms with Crippen molar-refractivity contribution in [2.45, 2.75) is 32.4 Å². The molecule has 146 valence electrons. The van der Waals surface area contributed by atoms with Crippen LogP contribution in [0.1, 0.15) is 30.9 Å². The van der Waals surface area contributed by atoms with Crippen molar-refractivity contribution in [3.05, 3.63) is 83.4 Å². The first-order valence-corrected chi connectivity index (χ1v) is 9.05. The zero-order chi connectivity index (χ0) is 20.3. The minimum atomic E-state index is -5.07. The highest BCUT2D eigenvalue weighted by molar-refractivity contribution is 5.70. The predicted octanol–water partition coefficient (Wildman–Crippen LogP) is 7.66. The Hall–Kier alpha value is -2.69. The molecule has 0 radical (unpaired) electrons. The van der Waals surface area contributed by atoms with E-state index in [9.17, 15) is 22.0 Å². The van der Waals surface area contributed by atoms with Gasteiger partial charge in [-0.1, -0.05) is 61.9 Å². The van der Waals surface area contributed by atoms with E-state index in [4.69, 9.17) is 0 Å². The molecule has 0 heterocycles. The molecule has 3 aromatic carbocycles. The molecule has 0 amide bonds. The van der Waals surface area contributed by atoms with Gasteiger partial charge in [-0.3, -0.25) is 0 Å². The molecule has 0 saturated carbocycles. The van der Waals surface area contributed by atoms with Crippen molar-refractivity contribution in [2.24, 2.45) is 0 Å². The third-order valence-electron chi connectivity index (χ3n) is 4.65. The van der Waals surface area contributed by atoms with Gasteiger partial charge in [-0.25, -0.2) is 8.78 Å². The molecule has 3 rings (SSSR count). The summed E-state index contributed by atoms with van der Waals surface area (Å²) in [6, 6.07) is 16.4. The fourth-order valence-corrected chi connectivity index (χ4v) is 3.11. The van der Waals surface area contributed by atoms with Gasteiger partial charge in [-0.05, 0) is 52.8 Å². The molecule has 0 unspecified atom stereocenters. The van der Waals surface area contributed by atoms with Crippen molar-refractivity contribution >= 4 is 0 Å². The second-order valence-electron chi connectivity index (χ2n) is 6.69. The Morgan fingerprint density at radius 2 is 1.11 bits per heavy atom. The molecular formula is C23H19F5. The zero-order valence-corrected chi connectivity index (χ0v) is 15.3. The standard InChI is InChI=1S/C23H19F5/c1-2-3-4-15-5-7-16(8-6-15)17-9-11-18(12-10-17)19-13-20(24)22(21(25)14-19)23(26,27)28/h5-14H,2-4H2,1H3. The van der Waals surface area contributed by atoms with E-state index in [0.29, 0.717) is 17.7 Å². The van der Waals surface area contributed by atoms with Gasteiger partial charge in [0, 0.05) is 0 Å². The highest BCUT2D eigenvalue weighted by Crippen LogP contribution is 2.36. The Morgan fingerprint density at radius 1 is 0.679 bits per heavy atom. The van der Waals surface area contributed by atoms with Crippen LogP contribution in [0, 0.1) is 11.6 Å². The molecule has 0 bridgehead atoms. The molecule has 5 heteroatoms. The van der Waals surface area contributed by atoms with Gasteiger partial charge in [0.1, 0.15) is 17.2 Å². The Labute approximate surface area is 160 Å². The summed E-state index contributed by atoms with van der Waals surface area (Å²) in [6.45, 7) is 2.14. The first kappa shape index (κ1) is 20.1. The molecular weight excluding hydrogens is 371 g/mol. The Bertz CT molecular complexity index is 915. The molecule has 0 spiro atoms. The van der Waals surface area contributed by atoms with E-state index in [1.165, 1.54) is 5.56 Å². The van der Waals surface area contributed by atoms with E-state index in [-0.39, 0.29) is 5.56 Å². The first-order valence-electron chi connectivity index (χ1n) is 9.05. The number of rotatable bonds is 5. The highest BCUT2D eigenvalue weighted by atomic mass is 19.4. The first-order chi connectivity index (χ1) is 13.3. The number of hydrogen-bond donors (Lipinski definition) is 0. The summed E-state index contributed by atoms with van der Waals surface area (Å²) in [5.74, 6) is -3.23. The average molecular weight is 390 g/mol. The van der Waals surface area contributed by atoms with Gasteiger partial charge < -0.3 is 0 Å². The molecule has 0 nitrogen and oxygen atoms in total. The van der Waals surface area contributed by atoms with Crippen LogP contribution < -0.4 is 0 Å². The summed E-state index contributed by atoms with van der Waals surface area (Å²) in [4.78, 5) is 0. The summed E-state index contributed by atoms with van der Waals surface area (Å²) in [7, 11) is 0. The van der Waals surface area contributed by atoms with Crippen LogP contribution >= 0.6 is 0 Å². The van der Waals surface area contributed by atoms with Crippen molar-refractivity contribution in [1.82, 2.24) is 0 Å². The minimum absolute atomic E-state index is 0.0597. The summed E-state index contributed by atoms with van der Waals surface area (Å²) >= 11 is 0. The lowest BCUT2D eigenvalue weighted by molar-refractivity contribution is -0.142. The number of aryl methyl sites for hydroxylation is 1. The highest BCUT2D eigenvalue weighted by Gasteiger charge is 2.37. The van der Waals surface area contributed by atoms with E-state index in [2.05, 4.69) is 19.1 Å². The molecule has 3 aromatic rings. The van der Waals surface area contributed by atoms with Gasteiger partial charge in [0.05, 0.1) is 0 Å². The Balaban J connectivity index is 1.85. The molecule has 0 aliphatic rings. The molecule has 0 aromatic heterocycles. The second kappa shape index (κ2) is 8.13. The number of alkyl halides is 3. The normalized spacial score (nSPS) is 11.6. The van der Waals surface area contributed by atoms with Crippen LogP contribution in [0.3, 0.4) is 0 Å². The third-order valence-corrected chi connectivity index (χ3v) is 4.65. The van der Waals surface area contributed by atoms with Crippen molar-refractivity contribution in [2.75, 3.05) is 0 Å². The van der Waals surface area contributed by atoms with Crippen LogP contribution in [0.15, 0.2) is 60.7 Å². The van der Waals surface area contributed by atoms with E-state index >= 15 is 0 Å². The maximum Gasteiger partial charge on any atom is 0.422 e. The second-order valence-corrected chi connectivity index (χ2v) is 6.69. The topological polar surface area (TPSA) is 0 Å². The average Bonchev–Trinajstić information content (AvgIpc) is 2.65. The SMILES string of the molecule is CCCCc1ccc(-c2ccc(-c3cc(F)c(C(F)(F)F)c(F)c3)cc2)cc1. The Morgan fingerprint density at radius 3 is 1.54 bits per heavy atom. The van der Waals surface area contributed by atoms with Crippen LogP contribution in [0.5, 0.6) is 0 Å². The molecule has 0 aliphatic carbocycles. The summed E-state index contributed by atoms with van der Waals surface area (Å²) in [5, 5.41) is 0. The maximum atomic E-state index is 13.8. The van der Waals surface area contributed by atoms with E-state index < -0.39 is 23.4 Å². The number of benzene rings is 3. The van der Waals surface area contributed by atoms with Crippen molar-refractivity contribution in [3.63, 3.8) is 0 Å². The van der Waals surface area contributed by atoms with Crippen LogP contribution in [-0.2, 0) is 12.6 Å². The van der Waals surface area contributed by atoms with E-state index in [0.717, 1.165) is 30.4 Å². The van der Waals surface area contributed by atoms with Gasteiger partial charge >= 0.3 is 6.18 Å². The predicted molar refractivity (Wildman–Crippen MR) is 101 cm³/mol. The minimum Gasteiger partial charge on any atom is -0.206 e. The fraction of sp³-hybridized carbons (Fsp3) is 0.217. The summed E-state index contributed by atoms with van der Waals surface area (Å²) in [6.07, 6.45) is -1.77. The maximum absolute atomic E-state index is 13.8. The largest absolute Gasteiger partial charge is 0.422 e. The van der Waals surface area contributed by atoms with Gasteiger partial charge in [0.25, 0.3) is 0 Å². The van der Waals surface area contributed by atoms with Crippen molar-refractivity contribution in [1.29, 1.82) is 0 Å². The van der Waals surface area contributed by atoms with Gasteiger partial charge in [-0.2, -0.15) is 13.2 Å². The smallest absolute Gasteiger partial charge is 0.206 e. The molecule has 0 N–H and O–H groups in total. The molecule has 28 heavy (non-hydrogen) atoms. The lowest BCUT2D eigenvalue weighted by Crippen LogP contribution is -2.11. The van der Waals surface area contributed by atoms with Crippen LogP contribution in [0.4, 0.5) is 22.0 Å². The van der Waals surface area contributed by atoms with E-state index in [1.807, 2.05) is 12.1 Å². The van der Waals surface area contributed by atoms with Crippen molar-refractivity contribution in [3.8, 4) is 22.3 Å². The van der Waals surface area contributed by atoms with Gasteiger partial charge in [0.15, 0.2) is 0 Å². The van der Waals surface area contributed by atoms with Gasteiger partial charge in [0.2, 0.25) is 0 Å². The quantitative estimate of drug-likeness (QED) is 0.392. The summed E-state index contributed by atoms with van der Waals surface area (Å²) in [5.41, 5.74) is 1.81. The Kier molecular flexibility index (Phi) is 5.82. The number of hydrogen-bond acceptors (Lipinski definition) is 0. The zero-order valence-electron chi connectivity index (χ0n) is 15.3. The van der Waals surface area contributed by atoms with Crippen molar-refractivity contribution < 1.29 is 22.0 Å². The lowest BCUT2D eigenvalue weighted by atomic mass is 9.98. The molecule has 0 saturated heterocycles. The van der Waals surface area contributed by atoms with Crippen LogP contribution in [0.2, 0.25) is 0 Å². The van der Waals surface area contributed by atoms with Crippen LogP contribution in [0.25, 0.3) is 22.3 Å². The lowest BCUT2D eigenvalue weighted by Gasteiger charge is -2.11. The molecule has 0 atom stereocenters. The molecule has 0 aliphatic heterocycles. The monoisotopic (exact) mass is 390 g/mol. The van der Waals surface area contributed by atoms with Gasteiger partial charge in [-0.15, -0.1) is 0 Å². The number of unbranched alkanes of at least 4 members (excludes halogenated alkanes) is 1. The van der Waals surface area contributed by atoms with Crippen LogP contribution in [-0.4, -0.2) is 0 Å². The third kappa shape index (κ3) is 4.41. The van der Waals surface area contributed by atoms with E-state index in [1.54, 1.807) is 24.3 Å². The molecule has 0 fully saturated rings. The fourth-order valence-electron chi connectivity index (χ4n) is 3.11. The number of halogens is 5. The summed E-state index contributed by atoms with van der Waals surface area (Å²) < 4.78 is 65.7.